The van der Waals surface area contributed by atoms with Crippen molar-refractivity contribution in [3.8, 4) is 0 Å². The maximum atomic E-state index is 11.3. The Hall–Kier alpha value is -1.03. The molecular formula is C9H14ClN3O. The fraction of sp³-hybridized carbons (Fsp3) is 0.556. The van der Waals surface area contributed by atoms with Gasteiger partial charge in [0.1, 0.15) is 0 Å². The molecule has 0 bridgehead atoms. The molecule has 5 heteroatoms. The molecule has 1 N–H and O–H groups in total. The molecule has 0 aliphatic heterocycles. The molecule has 1 rings (SSSR count). The van der Waals surface area contributed by atoms with Gasteiger partial charge in [0.05, 0.1) is 6.54 Å². The van der Waals surface area contributed by atoms with Crippen molar-refractivity contribution in [1.29, 1.82) is 0 Å². The first-order valence-corrected chi connectivity index (χ1v) is 5.08. The van der Waals surface area contributed by atoms with Crippen molar-refractivity contribution < 1.29 is 4.79 Å². The summed E-state index contributed by atoms with van der Waals surface area (Å²) in [4.78, 5) is 11.3. The topological polar surface area (TPSA) is 46.9 Å². The minimum absolute atomic E-state index is 0.00726. The fourth-order valence-corrected chi connectivity index (χ4v) is 1.11. The molecule has 0 aliphatic carbocycles. The molecule has 0 aliphatic rings. The number of hydrogen-bond donors (Lipinski definition) is 1. The van der Waals surface area contributed by atoms with E-state index in [1.54, 1.807) is 17.8 Å². The predicted molar refractivity (Wildman–Crippen MR) is 55.1 cm³/mol. The highest BCUT2D eigenvalue weighted by atomic mass is 35.5. The van der Waals surface area contributed by atoms with E-state index in [-0.39, 0.29) is 11.8 Å². The molecule has 0 radical (unpaired) electrons. The van der Waals surface area contributed by atoms with Crippen molar-refractivity contribution in [3.05, 3.63) is 18.5 Å². The summed E-state index contributed by atoms with van der Waals surface area (Å²) in [6, 6.07) is 1.85. The Kier molecular flexibility index (Phi) is 4.46. The van der Waals surface area contributed by atoms with E-state index in [4.69, 9.17) is 11.6 Å². The third-order valence-corrected chi connectivity index (χ3v) is 2.34. The van der Waals surface area contributed by atoms with E-state index in [1.807, 2.05) is 12.3 Å². The lowest BCUT2D eigenvalue weighted by Crippen LogP contribution is -2.32. The number of halogens is 1. The van der Waals surface area contributed by atoms with Gasteiger partial charge >= 0.3 is 0 Å². The Balaban J connectivity index is 2.18. The molecular weight excluding hydrogens is 202 g/mol. The van der Waals surface area contributed by atoms with Crippen LogP contribution in [0.3, 0.4) is 0 Å². The Morgan fingerprint density at radius 2 is 2.50 bits per heavy atom. The van der Waals surface area contributed by atoms with E-state index >= 15 is 0 Å². The van der Waals surface area contributed by atoms with Gasteiger partial charge in [0.15, 0.2) is 0 Å². The second-order valence-corrected chi connectivity index (χ2v) is 3.42. The van der Waals surface area contributed by atoms with Gasteiger partial charge < -0.3 is 5.32 Å². The van der Waals surface area contributed by atoms with E-state index < -0.39 is 0 Å². The molecule has 1 aromatic heterocycles. The second kappa shape index (κ2) is 5.65. The summed E-state index contributed by atoms with van der Waals surface area (Å²) in [5.41, 5.74) is 0. The quantitative estimate of drug-likeness (QED) is 0.742. The molecule has 78 valence electrons. The second-order valence-electron chi connectivity index (χ2n) is 3.12. The minimum Gasteiger partial charge on any atom is -0.354 e. The Bertz CT molecular complexity index is 274. The smallest absolute Gasteiger partial charge is 0.224 e. The van der Waals surface area contributed by atoms with Crippen molar-refractivity contribution in [2.75, 3.05) is 12.4 Å². The summed E-state index contributed by atoms with van der Waals surface area (Å²) in [6.45, 7) is 3.08. The van der Waals surface area contributed by atoms with Gasteiger partial charge in [-0.2, -0.15) is 5.10 Å². The zero-order chi connectivity index (χ0) is 10.4. The van der Waals surface area contributed by atoms with Crippen LogP contribution in [0.15, 0.2) is 18.5 Å². The number of carbonyl (C=O) groups excluding carboxylic acids is 1. The summed E-state index contributed by atoms with van der Waals surface area (Å²) < 4.78 is 1.77. The zero-order valence-corrected chi connectivity index (χ0v) is 8.87. The van der Waals surface area contributed by atoms with Crippen molar-refractivity contribution in [2.24, 2.45) is 5.92 Å². The van der Waals surface area contributed by atoms with E-state index in [9.17, 15) is 4.79 Å². The first-order valence-electron chi connectivity index (χ1n) is 4.55. The van der Waals surface area contributed by atoms with Gasteiger partial charge in [-0.05, 0) is 6.07 Å². The van der Waals surface area contributed by atoms with Crippen LogP contribution in [0.25, 0.3) is 0 Å². The summed E-state index contributed by atoms with van der Waals surface area (Å²) >= 11 is 5.55. The lowest BCUT2D eigenvalue weighted by Gasteiger charge is -2.08. The first-order chi connectivity index (χ1) is 6.74. The molecule has 0 spiro atoms. The number of carbonyl (C=O) groups is 1. The summed E-state index contributed by atoms with van der Waals surface area (Å²) in [5, 5.41) is 6.80. The van der Waals surface area contributed by atoms with E-state index in [0.717, 1.165) is 0 Å². The van der Waals surface area contributed by atoms with Gasteiger partial charge in [-0.25, -0.2) is 0 Å². The Morgan fingerprint density at radius 3 is 3.07 bits per heavy atom. The summed E-state index contributed by atoms with van der Waals surface area (Å²) in [5.74, 6) is 0.217. The molecule has 0 fully saturated rings. The van der Waals surface area contributed by atoms with Crippen molar-refractivity contribution in [2.45, 2.75) is 13.5 Å². The van der Waals surface area contributed by atoms with Crippen LogP contribution >= 0.6 is 11.6 Å². The van der Waals surface area contributed by atoms with Crippen LogP contribution in [0.5, 0.6) is 0 Å². The van der Waals surface area contributed by atoms with E-state index in [2.05, 4.69) is 10.4 Å². The van der Waals surface area contributed by atoms with Gasteiger partial charge in [0.25, 0.3) is 0 Å². The van der Waals surface area contributed by atoms with Gasteiger partial charge in [-0.1, -0.05) is 6.92 Å². The first kappa shape index (κ1) is 11.0. The number of rotatable bonds is 5. The van der Waals surface area contributed by atoms with Crippen LogP contribution in [0.2, 0.25) is 0 Å². The highest BCUT2D eigenvalue weighted by Gasteiger charge is 2.09. The van der Waals surface area contributed by atoms with Gasteiger partial charge in [0, 0.05) is 30.7 Å². The monoisotopic (exact) mass is 215 g/mol. The average molecular weight is 216 g/mol. The predicted octanol–water partition coefficient (Wildman–Crippen LogP) is 0.874. The molecule has 0 saturated heterocycles. The molecule has 4 nitrogen and oxygen atoms in total. The summed E-state index contributed by atoms with van der Waals surface area (Å²) in [6.07, 6.45) is 3.57. The van der Waals surface area contributed by atoms with Crippen LogP contribution in [-0.4, -0.2) is 28.1 Å². The molecule has 1 unspecified atom stereocenters. The number of nitrogens with zero attached hydrogens (tertiary/aromatic N) is 2. The molecule has 1 atom stereocenters. The SMILES string of the molecule is CC(CCl)C(=O)NCCn1cccn1. The molecule has 1 heterocycles. The minimum atomic E-state index is -0.130. The van der Waals surface area contributed by atoms with Crippen LogP contribution in [0.1, 0.15) is 6.92 Å². The van der Waals surface area contributed by atoms with E-state index in [1.165, 1.54) is 0 Å². The lowest BCUT2D eigenvalue weighted by molar-refractivity contribution is -0.123. The lowest BCUT2D eigenvalue weighted by atomic mass is 10.2. The van der Waals surface area contributed by atoms with Crippen LogP contribution < -0.4 is 5.32 Å². The number of aromatic nitrogens is 2. The highest BCUT2D eigenvalue weighted by Crippen LogP contribution is 1.96. The maximum Gasteiger partial charge on any atom is 0.224 e. The summed E-state index contributed by atoms with van der Waals surface area (Å²) in [7, 11) is 0. The molecule has 1 aromatic rings. The van der Waals surface area contributed by atoms with Crippen LogP contribution in [0.4, 0.5) is 0 Å². The third-order valence-electron chi connectivity index (χ3n) is 1.88. The average Bonchev–Trinajstić information content (AvgIpc) is 2.69. The largest absolute Gasteiger partial charge is 0.354 e. The Labute approximate surface area is 88.2 Å². The Morgan fingerprint density at radius 1 is 1.71 bits per heavy atom. The fourth-order valence-electron chi connectivity index (χ4n) is 0.971. The number of nitrogens with one attached hydrogen (secondary N) is 1. The van der Waals surface area contributed by atoms with Crippen molar-refractivity contribution in [1.82, 2.24) is 15.1 Å². The van der Waals surface area contributed by atoms with Crippen molar-refractivity contribution >= 4 is 17.5 Å². The zero-order valence-electron chi connectivity index (χ0n) is 8.11. The normalized spacial score (nSPS) is 12.4. The van der Waals surface area contributed by atoms with Crippen LogP contribution in [0, 0.1) is 5.92 Å². The van der Waals surface area contributed by atoms with Gasteiger partial charge in [-0.3, -0.25) is 9.48 Å². The molecule has 1 amide bonds. The number of hydrogen-bond acceptors (Lipinski definition) is 2. The maximum absolute atomic E-state index is 11.3. The number of amides is 1. The molecule has 0 aromatic carbocycles. The standard InChI is InChI=1S/C9H14ClN3O/c1-8(7-10)9(14)11-4-6-13-5-2-3-12-13/h2-3,5,8H,4,6-7H2,1H3,(H,11,14). The third kappa shape index (κ3) is 3.38. The molecule has 14 heavy (non-hydrogen) atoms. The highest BCUT2D eigenvalue weighted by molar-refractivity contribution is 6.19. The van der Waals surface area contributed by atoms with Gasteiger partial charge in [0.2, 0.25) is 5.91 Å². The molecule has 0 saturated carbocycles. The van der Waals surface area contributed by atoms with Crippen molar-refractivity contribution in [3.63, 3.8) is 0 Å². The number of alkyl halides is 1. The van der Waals surface area contributed by atoms with E-state index in [0.29, 0.717) is 19.0 Å². The van der Waals surface area contributed by atoms with Gasteiger partial charge in [-0.15, -0.1) is 11.6 Å². The van der Waals surface area contributed by atoms with Crippen LogP contribution in [-0.2, 0) is 11.3 Å².